The van der Waals surface area contributed by atoms with E-state index in [0.717, 1.165) is 25.4 Å². The Balaban J connectivity index is 1.58. The van der Waals surface area contributed by atoms with Crippen LogP contribution in [0.5, 0.6) is 0 Å². The van der Waals surface area contributed by atoms with Crippen LogP contribution >= 0.6 is 0 Å². The minimum atomic E-state index is 0.189. The Bertz CT molecular complexity index is 525. The number of nitrogens with two attached hydrogens (primary N) is 1. The Morgan fingerprint density at radius 2 is 2.40 bits per heavy atom. The standard InChI is InChI=1S/C15H20N4O/c16-7-11-3-4-14(17)15(6-11)18-8-13-9-19-5-1-2-12(19)10-20-13/h3-4,6,12-13,18H,1-2,5,8-10,17H2. The SMILES string of the molecule is N#Cc1ccc(N)c(NCC2CN3CCCC3CO2)c1. The maximum atomic E-state index is 8.92. The number of fused-ring (bicyclic) bond motifs is 1. The molecule has 0 aromatic heterocycles. The number of nitrogens with one attached hydrogen (secondary N) is 1. The van der Waals surface area contributed by atoms with E-state index in [1.54, 1.807) is 18.2 Å². The Labute approximate surface area is 119 Å². The second kappa shape index (κ2) is 5.70. The molecule has 0 saturated carbocycles. The van der Waals surface area contributed by atoms with Crippen LogP contribution in [-0.4, -0.2) is 43.3 Å². The van der Waals surface area contributed by atoms with Gasteiger partial charge in [-0.1, -0.05) is 0 Å². The average Bonchev–Trinajstić information content (AvgIpc) is 2.94. The van der Waals surface area contributed by atoms with Gasteiger partial charge < -0.3 is 15.8 Å². The molecule has 0 aliphatic carbocycles. The van der Waals surface area contributed by atoms with Gasteiger partial charge in [0.25, 0.3) is 0 Å². The Hall–Kier alpha value is -1.77. The van der Waals surface area contributed by atoms with Crippen molar-refractivity contribution in [1.82, 2.24) is 4.90 Å². The summed E-state index contributed by atoms with van der Waals surface area (Å²) < 4.78 is 5.90. The van der Waals surface area contributed by atoms with Crippen molar-refractivity contribution >= 4 is 11.4 Å². The zero-order valence-corrected chi connectivity index (χ0v) is 11.5. The van der Waals surface area contributed by atoms with Gasteiger partial charge in [0.1, 0.15) is 0 Å². The van der Waals surface area contributed by atoms with E-state index in [2.05, 4.69) is 16.3 Å². The minimum absolute atomic E-state index is 0.189. The molecule has 2 saturated heterocycles. The van der Waals surface area contributed by atoms with Gasteiger partial charge in [0.15, 0.2) is 0 Å². The lowest BCUT2D eigenvalue weighted by atomic mass is 10.1. The van der Waals surface area contributed by atoms with Gasteiger partial charge in [-0.25, -0.2) is 0 Å². The van der Waals surface area contributed by atoms with Crippen molar-refractivity contribution in [2.75, 3.05) is 37.3 Å². The summed E-state index contributed by atoms with van der Waals surface area (Å²) in [5, 5.41) is 12.2. The molecule has 2 aliphatic heterocycles. The molecule has 5 nitrogen and oxygen atoms in total. The molecule has 0 radical (unpaired) electrons. The molecule has 2 unspecified atom stereocenters. The van der Waals surface area contributed by atoms with E-state index in [1.165, 1.54) is 19.4 Å². The number of hydrogen-bond donors (Lipinski definition) is 2. The summed E-state index contributed by atoms with van der Waals surface area (Å²) in [6.45, 7) is 3.73. The normalized spacial score (nSPS) is 25.9. The number of ether oxygens (including phenoxy) is 1. The second-order valence-electron chi connectivity index (χ2n) is 5.54. The van der Waals surface area contributed by atoms with Crippen LogP contribution in [0.2, 0.25) is 0 Å². The van der Waals surface area contributed by atoms with Gasteiger partial charge in [0, 0.05) is 19.1 Å². The molecule has 2 fully saturated rings. The maximum absolute atomic E-state index is 8.92. The molecule has 2 aliphatic rings. The third kappa shape index (κ3) is 2.72. The summed E-state index contributed by atoms with van der Waals surface area (Å²) >= 11 is 0. The van der Waals surface area contributed by atoms with Gasteiger partial charge in [-0.05, 0) is 37.6 Å². The molecule has 5 heteroatoms. The quantitative estimate of drug-likeness (QED) is 0.814. The van der Waals surface area contributed by atoms with Crippen LogP contribution in [-0.2, 0) is 4.74 Å². The Morgan fingerprint density at radius 3 is 3.25 bits per heavy atom. The molecule has 0 bridgehead atoms. The number of hydrogen-bond acceptors (Lipinski definition) is 5. The maximum Gasteiger partial charge on any atom is 0.0992 e. The summed E-state index contributed by atoms with van der Waals surface area (Å²) in [5.41, 5.74) is 8.02. The lowest BCUT2D eigenvalue weighted by Crippen LogP contribution is -2.48. The van der Waals surface area contributed by atoms with E-state index < -0.39 is 0 Å². The number of nitrogen functional groups attached to an aromatic ring is 1. The zero-order chi connectivity index (χ0) is 13.9. The van der Waals surface area contributed by atoms with Gasteiger partial charge in [0.2, 0.25) is 0 Å². The monoisotopic (exact) mass is 272 g/mol. The molecule has 2 heterocycles. The average molecular weight is 272 g/mol. The summed E-state index contributed by atoms with van der Waals surface area (Å²) in [6, 6.07) is 8.03. The molecule has 20 heavy (non-hydrogen) atoms. The number of morpholine rings is 1. The number of benzene rings is 1. The van der Waals surface area contributed by atoms with Crippen LogP contribution in [0.1, 0.15) is 18.4 Å². The van der Waals surface area contributed by atoms with Gasteiger partial charge in [-0.2, -0.15) is 5.26 Å². The van der Waals surface area contributed by atoms with Crippen molar-refractivity contribution in [3.8, 4) is 6.07 Å². The first-order valence-electron chi connectivity index (χ1n) is 7.15. The van der Waals surface area contributed by atoms with E-state index in [1.807, 2.05) is 0 Å². The highest BCUT2D eigenvalue weighted by Gasteiger charge is 2.31. The molecular weight excluding hydrogens is 252 g/mol. The molecule has 2 atom stereocenters. The molecular formula is C15H20N4O. The number of rotatable bonds is 3. The fourth-order valence-electron chi connectivity index (χ4n) is 3.01. The molecule has 0 spiro atoms. The van der Waals surface area contributed by atoms with E-state index in [0.29, 0.717) is 17.3 Å². The first-order chi connectivity index (χ1) is 9.76. The van der Waals surface area contributed by atoms with Crippen LogP contribution in [0.15, 0.2) is 18.2 Å². The van der Waals surface area contributed by atoms with Gasteiger partial charge in [-0.15, -0.1) is 0 Å². The highest BCUT2D eigenvalue weighted by Crippen LogP contribution is 2.24. The summed E-state index contributed by atoms with van der Waals surface area (Å²) in [7, 11) is 0. The third-order valence-electron chi connectivity index (χ3n) is 4.16. The van der Waals surface area contributed by atoms with E-state index in [-0.39, 0.29) is 6.10 Å². The van der Waals surface area contributed by atoms with Crippen molar-refractivity contribution in [1.29, 1.82) is 5.26 Å². The van der Waals surface area contributed by atoms with E-state index in [4.69, 9.17) is 15.7 Å². The minimum Gasteiger partial charge on any atom is -0.397 e. The molecule has 0 amide bonds. The molecule has 1 aromatic carbocycles. The van der Waals surface area contributed by atoms with Crippen molar-refractivity contribution in [3.63, 3.8) is 0 Å². The molecule has 3 rings (SSSR count). The highest BCUT2D eigenvalue weighted by atomic mass is 16.5. The van der Waals surface area contributed by atoms with Gasteiger partial charge in [0.05, 0.1) is 35.7 Å². The molecule has 3 N–H and O–H groups in total. The van der Waals surface area contributed by atoms with E-state index >= 15 is 0 Å². The fraction of sp³-hybridized carbons (Fsp3) is 0.533. The summed E-state index contributed by atoms with van der Waals surface area (Å²) in [5.74, 6) is 0. The highest BCUT2D eigenvalue weighted by molar-refractivity contribution is 5.68. The van der Waals surface area contributed by atoms with Crippen LogP contribution in [0.25, 0.3) is 0 Å². The van der Waals surface area contributed by atoms with Gasteiger partial charge in [-0.3, -0.25) is 4.90 Å². The zero-order valence-electron chi connectivity index (χ0n) is 11.5. The third-order valence-corrected chi connectivity index (χ3v) is 4.16. The largest absolute Gasteiger partial charge is 0.397 e. The van der Waals surface area contributed by atoms with E-state index in [9.17, 15) is 0 Å². The van der Waals surface area contributed by atoms with Crippen LogP contribution in [0, 0.1) is 11.3 Å². The van der Waals surface area contributed by atoms with Crippen LogP contribution in [0.3, 0.4) is 0 Å². The Morgan fingerprint density at radius 1 is 1.50 bits per heavy atom. The number of nitrogens with zero attached hydrogens (tertiary/aromatic N) is 2. The van der Waals surface area contributed by atoms with Crippen LogP contribution in [0.4, 0.5) is 11.4 Å². The smallest absolute Gasteiger partial charge is 0.0992 e. The number of nitriles is 1. The molecule has 1 aromatic rings. The lowest BCUT2D eigenvalue weighted by Gasteiger charge is -2.35. The first kappa shape index (κ1) is 13.2. The van der Waals surface area contributed by atoms with Crippen molar-refractivity contribution in [3.05, 3.63) is 23.8 Å². The predicted molar refractivity (Wildman–Crippen MR) is 78.4 cm³/mol. The van der Waals surface area contributed by atoms with Gasteiger partial charge >= 0.3 is 0 Å². The number of anilines is 2. The fourth-order valence-corrected chi connectivity index (χ4v) is 3.01. The summed E-state index contributed by atoms with van der Waals surface area (Å²) in [4.78, 5) is 2.52. The Kier molecular flexibility index (Phi) is 3.77. The van der Waals surface area contributed by atoms with Crippen molar-refractivity contribution < 1.29 is 4.74 Å². The summed E-state index contributed by atoms with van der Waals surface area (Å²) in [6.07, 6.45) is 2.73. The first-order valence-corrected chi connectivity index (χ1v) is 7.15. The topological polar surface area (TPSA) is 74.3 Å². The second-order valence-corrected chi connectivity index (χ2v) is 5.54. The van der Waals surface area contributed by atoms with Crippen molar-refractivity contribution in [2.45, 2.75) is 25.0 Å². The van der Waals surface area contributed by atoms with Crippen molar-refractivity contribution in [2.24, 2.45) is 0 Å². The lowest BCUT2D eigenvalue weighted by molar-refractivity contribution is -0.0415. The predicted octanol–water partition coefficient (Wildman–Crippen LogP) is 1.42. The van der Waals surface area contributed by atoms with Crippen LogP contribution < -0.4 is 11.1 Å². The molecule has 106 valence electrons.